The summed E-state index contributed by atoms with van der Waals surface area (Å²) < 4.78 is 16.6. The number of aryl methyl sites for hydroxylation is 1. The number of aromatic nitrogens is 2. The first-order chi connectivity index (χ1) is 11.0. The van der Waals surface area contributed by atoms with Gasteiger partial charge in [-0.15, -0.1) is 0 Å². The zero-order valence-electron chi connectivity index (χ0n) is 12.8. The second-order valence-corrected chi connectivity index (χ2v) is 6.70. The van der Waals surface area contributed by atoms with E-state index < -0.39 is 11.7 Å². The Morgan fingerprint density at radius 2 is 2.09 bits per heavy atom. The van der Waals surface area contributed by atoms with Crippen LogP contribution in [0.15, 0.2) is 28.9 Å². The average molecular weight is 381 g/mol. The molecule has 0 atom stereocenters. The lowest BCUT2D eigenvalue weighted by Gasteiger charge is -2.34. The number of hydrogen-bond donors (Lipinski definition) is 1. The number of hydrogen-bond acceptors (Lipinski definition) is 3. The van der Waals surface area contributed by atoms with Crippen molar-refractivity contribution in [2.45, 2.75) is 18.8 Å². The molecule has 2 N–H and O–H groups in total. The number of nitrogens with two attached hydrogens (primary N) is 1. The number of carbonyl (C=O) groups is 1. The summed E-state index contributed by atoms with van der Waals surface area (Å²) >= 11 is 3.29. The third kappa shape index (κ3) is 3.10. The SMILES string of the molecule is Cn1nccc1C1CCN(c2cc(Br)cc(F)c2C(N)=O)CC1. The van der Waals surface area contributed by atoms with Crippen LogP contribution in [0.4, 0.5) is 10.1 Å². The van der Waals surface area contributed by atoms with Gasteiger partial charge in [0.25, 0.3) is 5.91 Å². The molecule has 1 aliphatic rings. The second kappa shape index (κ2) is 6.31. The van der Waals surface area contributed by atoms with Gasteiger partial charge in [-0.25, -0.2) is 4.39 Å². The van der Waals surface area contributed by atoms with Crippen LogP contribution in [-0.2, 0) is 7.05 Å². The Labute approximate surface area is 142 Å². The quantitative estimate of drug-likeness (QED) is 0.890. The van der Waals surface area contributed by atoms with E-state index in [9.17, 15) is 9.18 Å². The van der Waals surface area contributed by atoms with E-state index in [2.05, 4.69) is 21.0 Å². The van der Waals surface area contributed by atoms with E-state index in [1.807, 2.05) is 22.7 Å². The first-order valence-corrected chi connectivity index (χ1v) is 8.28. The van der Waals surface area contributed by atoms with Gasteiger partial charge in [0.05, 0.1) is 11.3 Å². The Morgan fingerprint density at radius 1 is 1.39 bits per heavy atom. The molecule has 2 heterocycles. The molecule has 1 aromatic heterocycles. The fraction of sp³-hybridized carbons (Fsp3) is 0.375. The lowest BCUT2D eigenvalue weighted by atomic mass is 9.92. The largest absolute Gasteiger partial charge is 0.371 e. The normalized spacial score (nSPS) is 15.9. The van der Waals surface area contributed by atoms with Crippen molar-refractivity contribution in [2.75, 3.05) is 18.0 Å². The summed E-state index contributed by atoms with van der Waals surface area (Å²) in [7, 11) is 1.94. The predicted octanol–water partition coefficient (Wildman–Crippen LogP) is 2.80. The van der Waals surface area contributed by atoms with E-state index in [1.165, 1.54) is 11.8 Å². The molecule has 0 aliphatic carbocycles. The molecule has 0 unspecified atom stereocenters. The zero-order valence-corrected chi connectivity index (χ0v) is 14.4. The summed E-state index contributed by atoms with van der Waals surface area (Å²) in [6, 6.07) is 5.06. The van der Waals surface area contributed by atoms with E-state index in [4.69, 9.17) is 5.73 Å². The van der Waals surface area contributed by atoms with Gasteiger partial charge in [-0.1, -0.05) is 15.9 Å². The number of piperidine rings is 1. The number of primary amides is 1. The first kappa shape index (κ1) is 16.0. The van der Waals surface area contributed by atoms with E-state index in [-0.39, 0.29) is 5.56 Å². The van der Waals surface area contributed by atoms with Gasteiger partial charge >= 0.3 is 0 Å². The predicted molar refractivity (Wildman–Crippen MR) is 90.0 cm³/mol. The molecule has 0 spiro atoms. The number of benzene rings is 1. The summed E-state index contributed by atoms with van der Waals surface area (Å²) in [4.78, 5) is 13.6. The number of amides is 1. The average Bonchev–Trinajstić information content (AvgIpc) is 2.92. The molecule has 23 heavy (non-hydrogen) atoms. The van der Waals surface area contributed by atoms with Crippen LogP contribution >= 0.6 is 15.9 Å². The molecular weight excluding hydrogens is 363 g/mol. The molecule has 0 bridgehead atoms. The van der Waals surface area contributed by atoms with Gasteiger partial charge in [-0.3, -0.25) is 9.48 Å². The summed E-state index contributed by atoms with van der Waals surface area (Å²) in [5.74, 6) is -0.901. The highest BCUT2D eigenvalue weighted by atomic mass is 79.9. The molecule has 1 saturated heterocycles. The smallest absolute Gasteiger partial charge is 0.253 e. The van der Waals surface area contributed by atoms with Crippen LogP contribution in [0.25, 0.3) is 0 Å². The maximum Gasteiger partial charge on any atom is 0.253 e. The van der Waals surface area contributed by atoms with Gasteiger partial charge in [0.15, 0.2) is 0 Å². The van der Waals surface area contributed by atoms with Crippen molar-refractivity contribution in [2.24, 2.45) is 12.8 Å². The highest BCUT2D eigenvalue weighted by Crippen LogP contribution is 2.34. The van der Waals surface area contributed by atoms with Gasteiger partial charge in [0, 0.05) is 42.4 Å². The molecular formula is C16H18BrFN4O. The Bertz CT molecular complexity index is 738. The maximum absolute atomic E-state index is 14.1. The van der Waals surface area contributed by atoms with Gasteiger partial charge in [0.2, 0.25) is 0 Å². The topological polar surface area (TPSA) is 64.2 Å². The van der Waals surface area contributed by atoms with Crippen LogP contribution in [-0.4, -0.2) is 28.8 Å². The number of nitrogens with zero attached hydrogens (tertiary/aromatic N) is 3. The van der Waals surface area contributed by atoms with Crippen LogP contribution < -0.4 is 10.6 Å². The fourth-order valence-corrected chi connectivity index (χ4v) is 3.67. The van der Waals surface area contributed by atoms with Crippen LogP contribution in [0, 0.1) is 5.82 Å². The van der Waals surface area contributed by atoms with Gasteiger partial charge in [-0.2, -0.15) is 5.10 Å². The van der Waals surface area contributed by atoms with Crippen molar-refractivity contribution in [3.8, 4) is 0 Å². The summed E-state index contributed by atoms with van der Waals surface area (Å²) in [6.07, 6.45) is 3.65. The van der Waals surface area contributed by atoms with E-state index in [0.717, 1.165) is 25.9 Å². The molecule has 3 rings (SSSR count). The molecule has 7 heteroatoms. The molecule has 2 aromatic rings. The maximum atomic E-state index is 14.1. The molecule has 1 amide bonds. The van der Waals surface area contributed by atoms with Crippen molar-refractivity contribution >= 4 is 27.5 Å². The minimum absolute atomic E-state index is 0.0350. The molecule has 0 saturated carbocycles. The van der Waals surface area contributed by atoms with E-state index >= 15 is 0 Å². The lowest BCUT2D eigenvalue weighted by Crippen LogP contribution is -2.35. The summed E-state index contributed by atoms with van der Waals surface area (Å²) in [5, 5.41) is 4.22. The number of carbonyl (C=O) groups excluding carboxylic acids is 1. The molecule has 5 nitrogen and oxygen atoms in total. The number of anilines is 1. The van der Waals surface area contributed by atoms with Crippen LogP contribution in [0.2, 0.25) is 0 Å². The van der Waals surface area contributed by atoms with Gasteiger partial charge in [-0.05, 0) is 31.0 Å². The van der Waals surface area contributed by atoms with Crippen molar-refractivity contribution in [1.82, 2.24) is 9.78 Å². The zero-order chi connectivity index (χ0) is 16.6. The molecule has 1 aromatic carbocycles. The molecule has 1 aliphatic heterocycles. The van der Waals surface area contributed by atoms with E-state index in [0.29, 0.717) is 16.1 Å². The minimum Gasteiger partial charge on any atom is -0.371 e. The highest BCUT2D eigenvalue weighted by molar-refractivity contribution is 9.10. The van der Waals surface area contributed by atoms with E-state index in [1.54, 1.807) is 12.3 Å². The van der Waals surface area contributed by atoms with Crippen molar-refractivity contribution in [1.29, 1.82) is 0 Å². The third-order valence-electron chi connectivity index (χ3n) is 4.39. The molecule has 0 radical (unpaired) electrons. The lowest BCUT2D eigenvalue weighted by molar-refractivity contribution is 0.0997. The Kier molecular flexibility index (Phi) is 4.39. The Hall–Kier alpha value is -1.89. The Morgan fingerprint density at radius 3 is 2.65 bits per heavy atom. The van der Waals surface area contributed by atoms with Crippen molar-refractivity contribution in [3.63, 3.8) is 0 Å². The highest BCUT2D eigenvalue weighted by Gasteiger charge is 2.26. The fourth-order valence-electron chi connectivity index (χ4n) is 3.25. The Balaban J connectivity index is 1.83. The van der Waals surface area contributed by atoms with Crippen molar-refractivity contribution in [3.05, 3.63) is 45.9 Å². The van der Waals surface area contributed by atoms with Crippen LogP contribution in [0.3, 0.4) is 0 Å². The van der Waals surface area contributed by atoms with Gasteiger partial charge in [0.1, 0.15) is 5.82 Å². The molecule has 122 valence electrons. The summed E-state index contributed by atoms with van der Waals surface area (Å²) in [5.41, 5.74) is 7.10. The van der Waals surface area contributed by atoms with Crippen LogP contribution in [0.5, 0.6) is 0 Å². The standard InChI is InChI=1S/C16H18BrFN4O/c1-21-13(2-5-20-21)10-3-6-22(7-4-10)14-9-11(17)8-12(18)15(14)16(19)23/h2,5,8-10H,3-4,6-7H2,1H3,(H2,19,23). The minimum atomic E-state index is -0.737. The number of rotatable bonds is 3. The van der Waals surface area contributed by atoms with Crippen LogP contribution in [0.1, 0.15) is 34.8 Å². The first-order valence-electron chi connectivity index (χ1n) is 7.49. The summed E-state index contributed by atoms with van der Waals surface area (Å²) in [6.45, 7) is 1.48. The molecule has 1 fully saturated rings. The monoisotopic (exact) mass is 380 g/mol. The van der Waals surface area contributed by atoms with Crippen molar-refractivity contribution < 1.29 is 9.18 Å². The second-order valence-electron chi connectivity index (χ2n) is 5.79. The third-order valence-corrected chi connectivity index (χ3v) is 4.85. The van der Waals surface area contributed by atoms with Gasteiger partial charge < -0.3 is 10.6 Å². The number of halogens is 2.